The van der Waals surface area contributed by atoms with E-state index >= 15 is 0 Å². The van der Waals surface area contributed by atoms with Crippen LogP contribution in [0.25, 0.3) is 0 Å². The molecule has 1 aromatic rings. The number of carbonyl (C=O) groups is 2. The van der Waals surface area contributed by atoms with Crippen molar-refractivity contribution >= 4 is 39.7 Å². The molecule has 1 amide bonds. The lowest BCUT2D eigenvalue weighted by molar-refractivity contribution is -0.142. The Morgan fingerprint density at radius 3 is 2.50 bits per heavy atom. The maximum atomic E-state index is 11.6. The predicted molar refractivity (Wildman–Crippen MR) is 61.2 cm³/mol. The number of rotatable bonds is 2. The first-order valence-corrected chi connectivity index (χ1v) is 5.25. The van der Waals surface area contributed by atoms with Crippen molar-refractivity contribution in [1.82, 2.24) is 0 Å². The summed E-state index contributed by atoms with van der Waals surface area (Å²) in [6.07, 6.45) is 1.13. The summed E-state index contributed by atoms with van der Waals surface area (Å²) in [5.74, 6) is -2.91. The zero-order valence-corrected chi connectivity index (χ0v) is 9.59. The summed E-state index contributed by atoms with van der Waals surface area (Å²) in [6, 6.07) is 6.88. The molecule has 0 saturated heterocycles. The highest BCUT2D eigenvalue weighted by molar-refractivity contribution is 9.10. The van der Waals surface area contributed by atoms with Gasteiger partial charge in [-0.1, -0.05) is 15.9 Å². The standard InChI is InChI=1S/C10H7BrN2O3/c11-6-1-3-7(4-2-6)13-9(14)8(5-12-13)10(15)16/h1-5,8H,(H,15,16). The number of amides is 1. The summed E-state index contributed by atoms with van der Waals surface area (Å²) in [5.41, 5.74) is 0.549. The number of anilines is 1. The maximum Gasteiger partial charge on any atom is 0.321 e. The summed E-state index contributed by atoms with van der Waals surface area (Å²) in [4.78, 5) is 22.3. The van der Waals surface area contributed by atoms with Crippen molar-refractivity contribution in [3.05, 3.63) is 28.7 Å². The number of hydrogen-bond acceptors (Lipinski definition) is 3. The molecule has 1 heterocycles. The van der Waals surface area contributed by atoms with Crippen molar-refractivity contribution in [1.29, 1.82) is 0 Å². The van der Waals surface area contributed by atoms with Gasteiger partial charge in [0.15, 0.2) is 5.92 Å². The van der Waals surface area contributed by atoms with E-state index in [0.717, 1.165) is 15.7 Å². The molecule has 0 spiro atoms. The maximum absolute atomic E-state index is 11.6. The van der Waals surface area contributed by atoms with Crippen LogP contribution in [0.4, 0.5) is 5.69 Å². The number of benzene rings is 1. The molecule has 1 unspecified atom stereocenters. The first-order chi connectivity index (χ1) is 7.59. The second-order valence-corrected chi connectivity index (χ2v) is 4.12. The molecule has 6 heteroatoms. The van der Waals surface area contributed by atoms with Gasteiger partial charge in [-0.2, -0.15) is 10.1 Å². The van der Waals surface area contributed by atoms with Crippen LogP contribution in [-0.2, 0) is 9.59 Å². The molecule has 1 aromatic carbocycles. The van der Waals surface area contributed by atoms with E-state index in [1.807, 2.05) is 0 Å². The van der Waals surface area contributed by atoms with Crippen LogP contribution in [0.2, 0.25) is 0 Å². The lowest BCUT2D eigenvalue weighted by Crippen LogP contribution is -2.30. The number of carbonyl (C=O) groups excluding carboxylic acids is 1. The third-order valence-corrected chi connectivity index (χ3v) is 2.67. The van der Waals surface area contributed by atoms with Crippen LogP contribution in [0.1, 0.15) is 0 Å². The fourth-order valence-corrected chi connectivity index (χ4v) is 1.60. The van der Waals surface area contributed by atoms with Crippen molar-refractivity contribution < 1.29 is 14.7 Å². The van der Waals surface area contributed by atoms with Gasteiger partial charge in [0.2, 0.25) is 0 Å². The first kappa shape index (κ1) is 10.8. The fourth-order valence-electron chi connectivity index (χ4n) is 1.33. The van der Waals surface area contributed by atoms with Gasteiger partial charge in [0, 0.05) is 10.7 Å². The van der Waals surface area contributed by atoms with E-state index in [1.165, 1.54) is 0 Å². The zero-order chi connectivity index (χ0) is 11.7. The van der Waals surface area contributed by atoms with Gasteiger partial charge in [-0.25, -0.2) is 0 Å². The molecule has 0 bridgehead atoms. The lowest BCUT2D eigenvalue weighted by atomic mass is 10.1. The molecule has 1 aliphatic rings. The molecule has 0 saturated carbocycles. The van der Waals surface area contributed by atoms with Crippen LogP contribution in [0.15, 0.2) is 33.8 Å². The highest BCUT2D eigenvalue weighted by Crippen LogP contribution is 2.23. The minimum Gasteiger partial charge on any atom is -0.480 e. The van der Waals surface area contributed by atoms with Crippen molar-refractivity contribution in [3.63, 3.8) is 0 Å². The molecule has 1 N–H and O–H groups in total. The Hall–Kier alpha value is -1.69. The highest BCUT2D eigenvalue weighted by Gasteiger charge is 2.34. The quantitative estimate of drug-likeness (QED) is 0.836. The van der Waals surface area contributed by atoms with Gasteiger partial charge in [0.05, 0.1) is 5.69 Å². The molecule has 0 aliphatic carbocycles. The average molecular weight is 283 g/mol. The molecule has 82 valence electrons. The summed E-state index contributed by atoms with van der Waals surface area (Å²) in [5, 5.41) is 13.6. The number of carboxylic acids is 1. The Morgan fingerprint density at radius 2 is 2.00 bits per heavy atom. The van der Waals surface area contributed by atoms with Gasteiger partial charge in [-0.15, -0.1) is 0 Å². The minimum absolute atomic E-state index is 0.546. The molecule has 1 atom stereocenters. The number of halogens is 1. The van der Waals surface area contributed by atoms with Gasteiger partial charge < -0.3 is 5.11 Å². The first-order valence-electron chi connectivity index (χ1n) is 4.46. The number of hydrazone groups is 1. The van der Waals surface area contributed by atoms with Crippen LogP contribution in [0.3, 0.4) is 0 Å². The summed E-state index contributed by atoms with van der Waals surface area (Å²) < 4.78 is 0.877. The van der Waals surface area contributed by atoms with E-state index in [4.69, 9.17) is 5.11 Å². The van der Waals surface area contributed by atoms with Crippen LogP contribution >= 0.6 is 15.9 Å². The normalized spacial score (nSPS) is 19.2. The monoisotopic (exact) mass is 282 g/mol. The van der Waals surface area contributed by atoms with E-state index in [2.05, 4.69) is 21.0 Å². The molecule has 5 nitrogen and oxygen atoms in total. The van der Waals surface area contributed by atoms with E-state index in [0.29, 0.717) is 5.69 Å². The van der Waals surface area contributed by atoms with Crippen LogP contribution < -0.4 is 5.01 Å². The van der Waals surface area contributed by atoms with Gasteiger partial charge in [0.25, 0.3) is 5.91 Å². The molecule has 16 heavy (non-hydrogen) atoms. The highest BCUT2D eigenvalue weighted by atomic mass is 79.9. The summed E-state index contributed by atoms with van der Waals surface area (Å²) in [6.45, 7) is 0. The van der Waals surface area contributed by atoms with Gasteiger partial charge in [-0.3, -0.25) is 9.59 Å². The molecular weight excluding hydrogens is 276 g/mol. The number of hydrogen-bond donors (Lipinski definition) is 1. The second-order valence-electron chi connectivity index (χ2n) is 3.21. The molecule has 0 aromatic heterocycles. The lowest BCUT2D eigenvalue weighted by Gasteiger charge is -2.12. The SMILES string of the molecule is O=C(O)C1C=NN(c2ccc(Br)cc2)C1=O. The number of carboxylic acid groups (broad SMARTS) is 1. The van der Waals surface area contributed by atoms with E-state index in [-0.39, 0.29) is 0 Å². The van der Waals surface area contributed by atoms with E-state index in [9.17, 15) is 9.59 Å². The van der Waals surface area contributed by atoms with Crippen molar-refractivity contribution in [3.8, 4) is 0 Å². The molecule has 1 aliphatic heterocycles. The molecular formula is C10H7BrN2O3. The van der Waals surface area contributed by atoms with Gasteiger partial charge >= 0.3 is 5.97 Å². The van der Waals surface area contributed by atoms with Crippen molar-refractivity contribution in [2.75, 3.05) is 5.01 Å². The smallest absolute Gasteiger partial charge is 0.321 e. The van der Waals surface area contributed by atoms with E-state index < -0.39 is 17.8 Å². The topological polar surface area (TPSA) is 70.0 Å². The van der Waals surface area contributed by atoms with Gasteiger partial charge in [-0.05, 0) is 24.3 Å². The zero-order valence-electron chi connectivity index (χ0n) is 8.00. The van der Waals surface area contributed by atoms with Crippen molar-refractivity contribution in [2.24, 2.45) is 11.0 Å². The van der Waals surface area contributed by atoms with E-state index in [1.54, 1.807) is 24.3 Å². The minimum atomic E-state index is -1.19. The molecule has 0 fully saturated rings. The van der Waals surface area contributed by atoms with Crippen LogP contribution in [0, 0.1) is 5.92 Å². The van der Waals surface area contributed by atoms with Crippen LogP contribution in [0.5, 0.6) is 0 Å². The molecule has 2 rings (SSSR count). The largest absolute Gasteiger partial charge is 0.480 e. The Balaban J connectivity index is 2.25. The fraction of sp³-hybridized carbons (Fsp3) is 0.100. The summed E-state index contributed by atoms with van der Waals surface area (Å²) in [7, 11) is 0. The Morgan fingerprint density at radius 1 is 1.38 bits per heavy atom. The second kappa shape index (κ2) is 4.05. The Bertz CT molecular complexity index is 469. The van der Waals surface area contributed by atoms with Gasteiger partial charge in [0.1, 0.15) is 0 Å². The van der Waals surface area contributed by atoms with Crippen LogP contribution in [-0.4, -0.2) is 23.2 Å². The third-order valence-electron chi connectivity index (χ3n) is 2.14. The number of nitrogens with zero attached hydrogens (tertiary/aromatic N) is 2. The predicted octanol–water partition coefficient (Wildman–Crippen LogP) is 1.48. The average Bonchev–Trinajstić information content (AvgIpc) is 2.61. The Labute approximate surface area is 99.5 Å². The number of aliphatic carboxylic acids is 1. The molecule has 0 radical (unpaired) electrons. The summed E-state index contributed by atoms with van der Waals surface area (Å²) >= 11 is 3.27. The van der Waals surface area contributed by atoms with Crippen molar-refractivity contribution in [2.45, 2.75) is 0 Å². The third kappa shape index (κ3) is 1.83. The Kier molecular flexibility index (Phi) is 2.74.